The van der Waals surface area contributed by atoms with E-state index in [4.69, 9.17) is 5.11 Å². The van der Waals surface area contributed by atoms with E-state index in [0.717, 1.165) is 15.7 Å². The Morgan fingerprint density at radius 3 is 2.69 bits per heavy atom. The van der Waals surface area contributed by atoms with E-state index in [1.54, 1.807) is 11.3 Å². The van der Waals surface area contributed by atoms with E-state index < -0.39 is 0 Å². The number of aliphatic hydroxyl groups is 1. The number of hydrogen-bond acceptors (Lipinski definition) is 5. The van der Waals surface area contributed by atoms with Gasteiger partial charge in [-0.3, -0.25) is 0 Å². The SMILES string of the molecule is Cc1nc(-c2nc(CO)cs2)cs1. The monoisotopic (exact) mass is 212 g/mol. The summed E-state index contributed by atoms with van der Waals surface area (Å²) in [5, 5.41) is 14.6. The molecule has 0 unspecified atom stereocenters. The van der Waals surface area contributed by atoms with E-state index in [1.807, 2.05) is 17.7 Å². The predicted octanol–water partition coefficient (Wildman–Crippen LogP) is 2.07. The van der Waals surface area contributed by atoms with Gasteiger partial charge in [0.05, 0.1) is 17.3 Å². The van der Waals surface area contributed by atoms with Gasteiger partial charge in [-0.1, -0.05) is 0 Å². The molecule has 2 aromatic heterocycles. The minimum atomic E-state index is -0.000378. The maximum atomic E-state index is 8.83. The van der Waals surface area contributed by atoms with Gasteiger partial charge in [-0.25, -0.2) is 9.97 Å². The number of aryl methyl sites for hydroxylation is 1. The van der Waals surface area contributed by atoms with Crippen molar-refractivity contribution in [1.29, 1.82) is 0 Å². The van der Waals surface area contributed by atoms with Crippen LogP contribution in [0.5, 0.6) is 0 Å². The smallest absolute Gasteiger partial charge is 0.143 e. The molecule has 2 heterocycles. The maximum Gasteiger partial charge on any atom is 0.143 e. The fraction of sp³-hybridized carbons (Fsp3) is 0.250. The molecule has 0 aromatic carbocycles. The summed E-state index contributed by atoms with van der Waals surface area (Å²) in [6, 6.07) is 0. The number of aliphatic hydroxyl groups excluding tert-OH is 1. The van der Waals surface area contributed by atoms with Gasteiger partial charge in [0.2, 0.25) is 0 Å². The predicted molar refractivity (Wildman–Crippen MR) is 53.9 cm³/mol. The van der Waals surface area contributed by atoms with Gasteiger partial charge in [0.25, 0.3) is 0 Å². The average molecular weight is 212 g/mol. The summed E-state index contributed by atoms with van der Waals surface area (Å²) >= 11 is 3.12. The van der Waals surface area contributed by atoms with Crippen LogP contribution in [0.25, 0.3) is 10.7 Å². The van der Waals surface area contributed by atoms with Crippen LogP contribution in [-0.2, 0) is 6.61 Å². The highest BCUT2D eigenvalue weighted by Crippen LogP contribution is 2.24. The zero-order valence-corrected chi connectivity index (χ0v) is 8.65. The molecule has 13 heavy (non-hydrogen) atoms. The van der Waals surface area contributed by atoms with E-state index in [1.165, 1.54) is 11.3 Å². The zero-order valence-electron chi connectivity index (χ0n) is 7.02. The highest BCUT2D eigenvalue weighted by Gasteiger charge is 2.06. The summed E-state index contributed by atoms with van der Waals surface area (Å²) in [5.74, 6) is 0. The van der Waals surface area contributed by atoms with Crippen LogP contribution in [0.4, 0.5) is 0 Å². The van der Waals surface area contributed by atoms with Crippen molar-refractivity contribution in [2.45, 2.75) is 13.5 Å². The van der Waals surface area contributed by atoms with Gasteiger partial charge in [-0.15, -0.1) is 22.7 Å². The lowest BCUT2D eigenvalue weighted by molar-refractivity contribution is 0.278. The third-order valence-electron chi connectivity index (χ3n) is 1.55. The Labute approximate surface area is 83.7 Å². The minimum absolute atomic E-state index is 0.000378. The second-order valence-electron chi connectivity index (χ2n) is 2.55. The van der Waals surface area contributed by atoms with E-state index in [2.05, 4.69) is 9.97 Å². The topological polar surface area (TPSA) is 46.0 Å². The van der Waals surface area contributed by atoms with Gasteiger partial charge < -0.3 is 5.11 Å². The van der Waals surface area contributed by atoms with Crippen LogP contribution >= 0.6 is 22.7 Å². The number of aromatic nitrogens is 2. The van der Waals surface area contributed by atoms with Crippen LogP contribution in [0.1, 0.15) is 10.7 Å². The van der Waals surface area contributed by atoms with Gasteiger partial charge in [0, 0.05) is 10.8 Å². The van der Waals surface area contributed by atoms with Crippen LogP contribution in [-0.4, -0.2) is 15.1 Å². The number of rotatable bonds is 2. The van der Waals surface area contributed by atoms with Crippen LogP contribution in [0, 0.1) is 6.92 Å². The first-order valence-corrected chi connectivity index (χ1v) is 5.53. The summed E-state index contributed by atoms with van der Waals surface area (Å²) < 4.78 is 0. The van der Waals surface area contributed by atoms with Crippen molar-refractivity contribution in [3.05, 3.63) is 21.5 Å². The lowest BCUT2D eigenvalue weighted by Crippen LogP contribution is -1.82. The molecule has 0 spiro atoms. The molecule has 0 amide bonds. The fourth-order valence-electron chi connectivity index (χ4n) is 0.959. The van der Waals surface area contributed by atoms with Gasteiger partial charge >= 0.3 is 0 Å². The second kappa shape index (κ2) is 3.53. The summed E-state index contributed by atoms with van der Waals surface area (Å²) in [4.78, 5) is 8.54. The zero-order chi connectivity index (χ0) is 9.26. The Bertz CT molecular complexity index is 408. The first-order chi connectivity index (χ1) is 6.29. The first-order valence-electron chi connectivity index (χ1n) is 3.77. The minimum Gasteiger partial charge on any atom is -0.390 e. The highest BCUT2D eigenvalue weighted by atomic mass is 32.1. The summed E-state index contributed by atoms with van der Waals surface area (Å²) in [6.07, 6.45) is 0. The quantitative estimate of drug-likeness (QED) is 0.829. The van der Waals surface area contributed by atoms with E-state index in [0.29, 0.717) is 5.69 Å². The molecule has 0 radical (unpaired) electrons. The molecule has 5 heteroatoms. The Morgan fingerprint density at radius 2 is 2.15 bits per heavy atom. The normalized spacial score (nSPS) is 10.6. The van der Waals surface area contributed by atoms with Crippen molar-refractivity contribution < 1.29 is 5.11 Å². The Balaban J connectivity index is 2.35. The first kappa shape index (κ1) is 8.80. The molecule has 0 saturated heterocycles. The second-order valence-corrected chi connectivity index (χ2v) is 4.47. The third-order valence-corrected chi connectivity index (χ3v) is 3.24. The van der Waals surface area contributed by atoms with Crippen molar-refractivity contribution in [3.8, 4) is 10.7 Å². The van der Waals surface area contributed by atoms with Crippen molar-refractivity contribution >= 4 is 22.7 Å². The fourth-order valence-corrected chi connectivity index (χ4v) is 2.40. The van der Waals surface area contributed by atoms with Gasteiger partial charge in [0.15, 0.2) is 0 Å². The molecule has 0 atom stereocenters. The molecule has 0 fully saturated rings. The Kier molecular flexibility index (Phi) is 2.39. The molecule has 0 aliphatic carbocycles. The molecule has 0 aliphatic rings. The highest BCUT2D eigenvalue weighted by molar-refractivity contribution is 7.14. The Morgan fingerprint density at radius 1 is 1.31 bits per heavy atom. The third kappa shape index (κ3) is 1.77. The lowest BCUT2D eigenvalue weighted by Gasteiger charge is -1.86. The molecule has 2 rings (SSSR count). The van der Waals surface area contributed by atoms with Crippen LogP contribution in [0.15, 0.2) is 10.8 Å². The van der Waals surface area contributed by atoms with Gasteiger partial charge in [0.1, 0.15) is 10.7 Å². The van der Waals surface area contributed by atoms with Crippen LogP contribution in [0.3, 0.4) is 0 Å². The van der Waals surface area contributed by atoms with E-state index in [-0.39, 0.29) is 6.61 Å². The van der Waals surface area contributed by atoms with Crippen LogP contribution in [0.2, 0.25) is 0 Å². The van der Waals surface area contributed by atoms with Crippen molar-refractivity contribution in [2.24, 2.45) is 0 Å². The number of hydrogen-bond donors (Lipinski definition) is 1. The lowest BCUT2D eigenvalue weighted by atomic mass is 10.5. The van der Waals surface area contributed by atoms with E-state index >= 15 is 0 Å². The summed E-state index contributed by atoms with van der Waals surface area (Å²) in [7, 11) is 0. The number of thiazole rings is 2. The molecule has 0 aliphatic heterocycles. The van der Waals surface area contributed by atoms with Gasteiger partial charge in [-0.2, -0.15) is 0 Å². The molecule has 0 bridgehead atoms. The van der Waals surface area contributed by atoms with E-state index in [9.17, 15) is 0 Å². The van der Waals surface area contributed by atoms with Crippen molar-refractivity contribution in [3.63, 3.8) is 0 Å². The molecule has 3 nitrogen and oxygen atoms in total. The van der Waals surface area contributed by atoms with Crippen molar-refractivity contribution in [1.82, 2.24) is 9.97 Å². The van der Waals surface area contributed by atoms with Gasteiger partial charge in [-0.05, 0) is 6.92 Å². The maximum absolute atomic E-state index is 8.83. The molecule has 2 aromatic rings. The standard InChI is InChI=1S/C8H8N2OS2/c1-5-9-7(4-12-5)8-10-6(2-11)3-13-8/h3-4,11H,2H2,1H3. The van der Waals surface area contributed by atoms with Crippen LogP contribution < -0.4 is 0 Å². The molecular formula is C8H8N2OS2. The average Bonchev–Trinajstić information content (AvgIpc) is 2.71. The Hall–Kier alpha value is -0.780. The largest absolute Gasteiger partial charge is 0.390 e. The number of nitrogens with zero attached hydrogens (tertiary/aromatic N) is 2. The molecule has 1 N–H and O–H groups in total. The summed E-state index contributed by atoms with van der Waals surface area (Å²) in [6.45, 7) is 1.97. The summed E-state index contributed by atoms with van der Waals surface area (Å²) in [5.41, 5.74) is 1.62. The molecular weight excluding hydrogens is 204 g/mol. The van der Waals surface area contributed by atoms with Crippen molar-refractivity contribution in [2.75, 3.05) is 0 Å². The molecule has 0 saturated carbocycles. The molecule has 68 valence electrons.